The van der Waals surface area contributed by atoms with Gasteiger partial charge in [-0.3, -0.25) is 10.1 Å². The van der Waals surface area contributed by atoms with Gasteiger partial charge < -0.3 is 9.64 Å². The predicted molar refractivity (Wildman–Crippen MR) is 64.5 cm³/mol. The zero-order chi connectivity index (χ0) is 13.1. The number of hydrogen-bond donors (Lipinski definition) is 0. The van der Waals surface area contributed by atoms with Crippen molar-refractivity contribution in [3.05, 3.63) is 39.9 Å². The van der Waals surface area contributed by atoms with E-state index >= 15 is 0 Å². The molecule has 0 N–H and O–H groups in total. The standard InChI is InChI=1S/C11H11ClN2O4/c12-5-10-7-13(11(15)18-10)6-8-1-3-9(4-2-8)14(16)17/h1-4,10H,5-7H2/t10-/m0/s1. The van der Waals surface area contributed by atoms with Gasteiger partial charge in [-0.15, -0.1) is 11.6 Å². The number of hydrogen-bond acceptors (Lipinski definition) is 4. The quantitative estimate of drug-likeness (QED) is 0.477. The topological polar surface area (TPSA) is 72.7 Å². The number of benzene rings is 1. The van der Waals surface area contributed by atoms with Crippen LogP contribution in [0.3, 0.4) is 0 Å². The number of carbonyl (C=O) groups excluding carboxylic acids is 1. The lowest BCUT2D eigenvalue weighted by Gasteiger charge is -2.12. The lowest BCUT2D eigenvalue weighted by atomic mass is 10.2. The number of ether oxygens (including phenoxy) is 1. The molecule has 1 aliphatic rings. The second-order valence-electron chi connectivity index (χ2n) is 3.96. The molecule has 1 heterocycles. The van der Waals surface area contributed by atoms with Gasteiger partial charge >= 0.3 is 6.09 Å². The van der Waals surface area contributed by atoms with Crippen molar-refractivity contribution < 1.29 is 14.5 Å². The van der Waals surface area contributed by atoms with Crippen molar-refractivity contribution in [1.82, 2.24) is 4.90 Å². The third-order valence-electron chi connectivity index (χ3n) is 2.64. The van der Waals surface area contributed by atoms with Gasteiger partial charge in [-0.05, 0) is 5.56 Å². The van der Waals surface area contributed by atoms with E-state index in [1.54, 1.807) is 12.1 Å². The number of rotatable bonds is 4. The first kappa shape index (κ1) is 12.6. The van der Waals surface area contributed by atoms with Crippen LogP contribution in [0.5, 0.6) is 0 Å². The smallest absolute Gasteiger partial charge is 0.410 e. The summed E-state index contributed by atoms with van der Waals surface area (Å²) in [6, 6.07) is 6.07. The van der Waals surface area contributed by atoms with Gasteiger partial charge in [-0.2, -0.15) is 0 Å². The van der Waals surface area contributed by atoms with Crippen LogP contribution < -0.4 is 0 Å². The van der Waals surface area contributed by atoms with Crippen LogP contribution in [0.25, 0.3) is 0 Å². The highest BCUT2D eigenvalue weighted by molar-refractivity contribution is 6.18. The molecule has 0 aliphatic carbocycles. The molecule has 2 rings (SSSR count). The molecule has 0 saturated carbocycles. The highest BCUT2D eigenvalue weighted by atomic mass is 35.5. The average Bonchev–Trinajstić information content (AvgIpc) is 2.71. The average molecular weight is 271 g/mol. The van der Waals surface area contributed by atoms with Crippen molar-refractivity contribution in [2.45, 2.75) is 12.6 Å². The van der Waals surface area contributed by atoms with Gasteiger partial charge in [-0.25, -0.2) is 4.79 Å². The van der Waals surface area contributed by atoms with Gasteiger partial charge in [0.25, 0.3) is 5.69 Å². The number of amides is 1. The molecule has 96 valence electrons. The number of alkyl halides is 1. The van der Waals surface area contributed by atoms with Gasteiger partial charge in [0.05, 0.1) is 17.3 Å². The van der Waals surface area contributed by atoms with Gasteiger partial charge in [0.1, 0.15) is 6.10 Å². The Balaban J connectivity index is 2.01. The predicted octanol–water partition coefficient (Wildman–Crippen LogP) is 2.15. The molecule has 1 fully saturated rings. The van der Waals surface area contributed by atoms with Gasteiger partial charge in [-0.1, -0.05) is 12.1 Å². The molecule has 1 aliphatic heterocycles. The summed E-state index contributed by atoms with van der Waals surface area (Å²) >= 11 is 5.62. The first-order chi connectivity index (χ1) is 8.60. The lowest BCUT2D eigenvalue weighted by molar-refractivity contribution is -0.384. The summed E-state index contributed by atoms with van der Waals surface area (Å²) in [5.74, 6) is 0.266. The number of cyclic esters (lactones) is 1. The minimum atomic E-state index is -0.461. The zero-order valence-electron chi connectivity index (χ0n) is 9.41. The molecule has 6 nitrogen and oxygen atoms in total. The number of non-ortho nitro benzene ring substituents is 1. The summed E-state index contributed by atoms with van der Waals surface area (Å²) in [5, 5.41) is 10.5. The van der Waals surface area contributed by atoms with Crippen molar-refractivity contribution in [3.63, 3.8) is 0 Å². The molecule has 18 heavy (non-hydrogen) atoms. The molecule has 0 bridgehead atoms. The van der Waals surface area contributed by atoms with Crippen molar-refractivity contribution in [1.29, 1.82) is 0 Å². The Bertz CT molecular complexity index is 463. The minimum absolute atomic E-state index is 0.0291. The van der Waals surface area contributed by atoms with E-state index in [1.807, 2.05) is 0 Å². The summed E-state index contributed by atoms with van der Waals surface area (Å²) in [7, 11) is 0. The Hall–Kier alpha value is -1.82. The minimum Gasteiger partial charge on any atom is -0.443 e. The van der Waals surface area contributed by atoms with E-state index in [-0.39, 0.29) is 17.7 Å². The Morgan fingerprint density at radius 2 is 2.11 bits per heavy atom. The van der Waals surface area contributed by atoms with E-state index in [1.165, 1.54) is 17.0 Å². The molecule has 0 radical (unpaired) electrons. The number of carbonyl (C=O) groups is 1. The Labute approximate surface area is 108 Å². The second kappa shape index (κ2) is 5.22. The van der Waals surface area contributed by atoms with E-state index in [9.17, 15) is 14.9 Å². The maximum Gasteiger partial charge on any atom is 0.410 e. The fraction of sp³-hybridized carbons (Fsp3) is 0.364. The van der Waals surface area contributed by atoms with Crippen LogP contribution in [0.1, 0.15) is 5.56 Å². The van der Waals surface area contributed by atoms with E-state index in [2.05, 4.69) is 0 Å². The Morgan fingerprint density at radius 3 is 2.61 bits per heavy atom. The first-order valence-corrected chi connectivity index (χ1v) is 5.88. The lowest BCUT2D eigenvalue weighted by Crippen LogP contribution is -2.24. The van der Waals surface area contributed by atoms with Crippen molar-refractivity contribution >= 4 is 23.4 Å². The summed E-state index contributed by atoms with van der Waals surface area (Å²) in [5.41, 5.74) is 0.842. The molecule has 1 amide bonds. The molecule has 7 heteroatoms. The van der Waals surface area contributed by atoms with Crippen molar-refractivity contribution in [2.75, 3.05) is 12.4 Å². The molecule has 0 unspecified atom stereocenters. The summed E-state index contributed by atoms with van der Waals surface area (Å²) in [6.45, 7) is 0.809. The molecular formula is C11H11ClN2O4. The second-order valence-corrected chi connectivity index (χ2v) is 4.27. The van der Waals surface area contributed by atoms with Crippen LogP contribution in [0.2, 0.25) is 0 Å². The molecule has 0 spiro atoms. The Kier molecular flexibility index (Phi) is 3.66. The van der Waals surface area contributed by atoms with E-state index in [0.717, 1.165) is 5.56 Å². The SMILES string of the molecule is O=C1O[C@@H](CCl)CN1Cc1ccc([N+](=O)[O-])cc1. The molecule has 1 aromatic carbocycles. The normalized spacial score (nSPS) is 18.8. The molecule has 1 saturated heterocycles. The van der Waals surface area contributed by atoms with Crippen LogP contribution in [0.15, 0.2) is 24.3 Å². The third-order valence-corrected chi connectivity index (χ3v) is 2.99. The summed E-state index contributed by atoms with van der Waals surface area (Å²) in [6.07, 6.45) is -0.684. The molecule has 1 atom stereocenters. The summed E-state index contributed by atoms with van der Waals surface area (Å²) < 4.78 is 5.00. The molecule has 1 aromatic rings. The van der Waals surface area contributed by atoms with Gasteiger partial charge in [0.2, 0.25) is 0 Å². The summed E-state index contributed by atoms with van der Waals surface area (Å²) in [4.78, 5) is 23.0. The van der Waals surface area contributed by atoms with Crippen LogP contribution in [-0.2, 0) is 11.3 Å². The monoisotopic (exact) mass is 270 g/mol. The first-order valence-electron chi connectivity index (χ1n) is 5.35. The van der Waals surface area contributed by atoms with Gasteiger partial charge in [0, 0.05) is 18.7 Å². The van der Waals surface area contributed by atoms with Crippen LogP contribution in [-0.4, -0.2) is 34.4 Å². The van der Waals surface area contributed by atoms with Crippen molar-refractivity contribution in [3.8, 4) is 0 Å². The molecular weight excluding hydrogens is 260 g/mol. The highest BCUT2D eigenvalue weighted by Gasteiger charge is 2.30. The highest BCUT2D eigenvalue weighted by Crippen LogP contribution is 2.18. The fourth-order valence-electron chi connectivity index (χ4n) is 1.73. The van der Waals surface area contributed by atoms with Crippen LogP contribution in [0, 0.1) is 10.1 Å². The van der Waals surface area contributed by atoms with Crippen LogP contribution in [0.4, 0.5) is 10.5 Å². The van der Waals surface area contributed by atoms with Crippen molar-refractivity contribution in [2.24, 2.45) is 0 Å². The maximum atomic E-state index is 11.5. The van der Waals surface area contributed by atoms with Crippen LogP contribution >= 0.6 is 11.6 Å². The zero-order valence-corrected chi connectivity index (χ0v) is 10.2. The van der Waals surface area contributed by atoms with E-state index in [0.29, 0.717) is 13.1 Å². The number of nitrogens with zero attached hydrogens (tertiary/aromatic N) is 2. The largest absolute Gasteiger partial charge is 0.443 e. The number of halogens is 1. The number of nitro groups is 1. The Morgan fingerprint density at radius 1 is 1.44 bits per heavy atom. The number of nitro benzene ring substituents is 1. The maximum absolute atomic E-state index is 11.5. The third kappa shape index (κ3) is 2.70. The fourth-order valence-corrected chi connectivity index (χ4v) is 1.89. The molecule has 0 aromatic heterocycles. The van der Waals surface area contributed by atoms with E-state index < -0.39 is 11.0 Å². The van der Waals surface area contributed by atoms with Gasteiger partial charge in [0.15, 0.2) is 0 Å². The van der Waals surface area contributed by atoms with E-state index in [4.69, 9.17) is 16.3 Å².